The number of carbonyl (C=O) groups is 3. The molecule has 4 aliphatic rings. The molecule has 6 atom stereocenters. The lowest BCUT2D eigenvalue weighted by Gasteiger charge is -2.63. The van der Waals surface area contributed by atoms with E-state index in [2.05, 4.69) is 0 Å². The minimum absolute atomic E-state index is 0.0815. The molecule has 0 bridgehead atoms. The topological polar surface area (TPSA) is 152 Å². The van der Waals surface area contributed by atoms with Gasteiger partial charge in [0.05, 0.1) is 17.2 Å². The molecule has 240 valence electrons. The third kappa shape index (κ3) is 3.71. The van der Waals surface area contributed by atoms with E-state index in [1.54, 1.807) is 39.8 Å². The number of aliphatic hydroxyl groups is 4. The Hall–Kier alpha value is -4.27. The molecule has 0 saturated heterocycles. The van der Waals surface area contributed by atoms with Crippen LogP contribution in [0.15, 0.2) is 71.2 Å². The van der Waals surface area contributed by atoms with Crippen molar-refractivity contribution in [3.63, 3.8) is 0 Å². The first kappa shape index (κ1) is 31.7. The van der Waals surface area contributed by atoms with Gasteiger partial charge in [-0.1, -0.05) is 88.7 Å². The van der Waals surface area contributed by atoms with Crippen LogP contribution in [0.3, 0.4) is 0 Å². The van der Waals surface area contributed by atoms with Crippen LogP contribution >= 0.6 is 0 Å². The number of aliphatic hydroxyl groups excluding tert-OH is 3. The molecule has 0 heterocycles. The highest BCUT2D eigenvalue weighted by atomic mass is 16.4. The number of fused-ring (bicyclic) bond motifs is 3. The molecule has 4 aliphatic carbocycles. The smallest absolute Gasteiger partial charge is 0.209 e. The predicted octanol–water partition coefficient (Wildman–Crippen LogP) is 6.06. The molecule has 5 N–H and O–H groups in total. The van der Waals surface area contributed by atoms with Gasteiger partial charge in [0.2, 0.25) is 5.78 Å². The molecule has 6 rings (SSSR count). The maximum absolute atomic E-state index is 14.5. The number of carbonyl (C=O) groups excluding carboxylic acids is 3. The fourth-order valence-corrected chi connectivity index (χ4v) is 8.88. The van der Waals surface area contributed by atoms with E-state index in [-0.39, 0.29) is 11.3 Å². The van der Waals surface area contributed by atoms with Crippen molar-refractivity contribution in [1.29, 1.82) is 0 Å². The number of ketones is 3. The van der Waals surface area contributed by atoms with Crippen LogP contribution in [-0.4, -0.2) is 54.6 Å². The lowest BCUT2D eigenvalue weighted by molar-refractivity contribution is -0.211. The molecule has 0 amide bonds. The van der Waals surface area contributed by atoms with Crippen molar-refractivity contribution in [1.82, 2.24) is 0 Å². The number of hydrogen-bond donors (Lipinski definition) is 5. The second-order valence-electron chi connectivity index (χ2n) is 14.2. The molecule has 46 heavy (non-hydrogen) atoms. The van der Waals surface area contributed by atoms with Gasteiger partial charge in [-0.3, -0.25) is 14.4 Å². The lowest BCUT2D eigenvalue weighted by Crippen LogP contribution is -2.73. The van der Waals surface area contributed by atoms with Crippen molar-refractivity contribution in [3.8, 4) is 5.75 Å². The summed E-state index contributed by atoms with van der Waals surface area (Å²) in [4.78, 5) is 41.1. The molecule has 0 fully saturated rings. The Kier molecular flexibility index (Phi) is 6.97. The number of Topliss-reactive ketones (excluding diaryl/α,β-unsaturated/α-hetero) is 3. The van der Waals surface area contributed by atoms with E-state index in [1.807, 2.05) is 43.3 Å². The predicted molar refractivity (Wildman–Crippen MR) is 173 cm³/mol. The maximum atomic E-state index is 14.5. The number of phenols is 1. The van der Waals surface area contributed by atoms with E-state index < -0.39 is 80.3 Å². The molecule has 0 aliphatic heterocycles. The summed E-state index contributed by atoms with van der Waals surface area (Å²) in [6.45, 7) is 11.3. The van der Waals surface area contributed by atoms with Crippen LogP contribution in [0, 0.1) is 29.6 Å². The number of hydrogen-bond acceptors (Lipinski definition) is 8. The number of aromatic hydroxyl groups is 1. The number of aryl methyl sites for hydroxylation is 1. The SMILES string of the molecule is CC(=O)C1=C(O)C(C(C)C)[C@@]2(C)[C@H](O)[C@]3(C)C(=C(O)[C@@]2(O)C1=O)C(=O)c1c(ccc(C2=CC=C(c4ccc(C)cc4)C2)c1O)[C@H]3C. The molecule has 0 saturated carbocycles. The van der Waals surface area contributed by atoms with Gasteiger partial charge in [0.1, 0.15) is 22.8 Å². The normalized spacial score (nSPS) is 32.3. The monoisotopic (exact) mass is 624 g/mol. The summed E-state index contributed by atoms with van der Waals surface area (Å²) in [6, 6.07) is 11.6. The zero-order valence-corrected chi connectivity index (χ0v) is 27.1. The minimum atomic E-state index is -2.91. The van der Waals surface area contributed by atoms with E-state index in [9.17, 15) is 39.9 Å². The summed E-state index contributed by atoms with van der Waals surface area (Å²) in [7, 11) is 0. The average molecular weight is 625 g/mol. The Morgan fingerprint density at radius 2 is 1.57 bits per heavy atom. The van der Waals surface area contributed by atoms with Crippen molar-refractivity contribution in [2.45, 2.75) is 72.5 Å². The van der Waals surface area contributed by atoms with Crippen LogP contribution in [0.25, 0.3) is 11.1 Å². The van der Waals surface area contributed by atoms with Crippen LogP contribution in [-0.2, 0) is 9.59 Å². The quantitative estimate of drug-likeness (QED) is 0.258. The van der Waals surface area contributed by atoms with Crippen LogP contribution in [0.5, 0.6) is 5.75 Å². The van der Waals surface area contributed by atoms with Crippen LogP contribution < -0.4 is 0 Å². The van der Waals surface area contributed by atoms with Crippen molar-refractivity contribution in [2.24, 2.45) is 22.7 Å². The van der Waals surface area contributed by atoms with Gasteiger partial charge < -0.3 is 25.5 Å². The fourth-order valence-electron chi connectivity index (χ4n) is 8.88. The Morgan fingerprint density at radius 1 is 0.957 bits per heavy atom. The average Bonchev–Trinajstić information content (AvgIpc) is 3.47. The molecule has 2 aromatic rings. The first-order valence-corrected chi connectivity index (χ1v) is 15.7. The highest BCUT2D eigenvalue weighted by molar-refractivity contribution is 6.25. The number of allylic oxidation sites excluding steroid dienone is 5. The van der Waals surface area contributed by atoms with Gasteiger partial charge in [-0.25, -0.2) is 0 Å². The van der Waals surface area contributed by atoms with Crippen molar-refractivity contribution >= 4 is 28.5 Å². The van der Waals surface area contributed by atoms with Crippen molar-refractivity contribution in [2.75, 3.05) is 0 Å². The molecule has 1 unspecified atom stereocenters. The second-order valence-corrected chi connectivity index (χ2v) is 14.2. The molecule has 8 nitrogen and oxygen atoms in total. The van der Waals surface area contributed by atoms with Crippen LogP contribution in [0.2, 0.25) is 0 Å². The molecule has 0 aromatic heterocycles. The van der Waals surface area contributed by atoms with E-state index in [4.69, 9.17) is 0 Å². The standard InChI is InChI=1S/C38H40O8/c1-17(2)28-31(41)26(20(5)39)33(43)38(46)34(44)29-32(42)27-24(19(4)36(29,6)35(45)37(28,38)7)14-15-25(30(27)40)23-13-12-22(16-23)21-10-8-18(3)9-11-21/h8-15,17,19,28,35,40-41,44-46H,16H2,1-7H3/t19-,28?,35-,36+,37+,38+/m1/s1. The van der Waals surface area contributed by atoms with Gasteiger partial charge in [0.15, 0.2) is 17.2 Å². The number of rotatable bonds is 4. The van der Waals surface area contributed by atoms with E-state index in [1.165, 1.54) is 6.92 Å². The first-order chi connectivity index (χ1) is 21.4. The van der Waals surface area contributed by atoms with Gasteiger partial charge in [0, 0.05) is 22.3 Å². The zero-order chi connectivity index (χ0) is 33.8. The zero-order valence-electron chi connectivity index (χ0n) is 27.1. The molecule has 0 radical (unpaired) electrons. The number of phenolic OH excluding ortho intramolecular Hbond substituents is 1. The highest BCUT2D eigenvalue weighted by Crippen LogP contribution is 2.67. The summed E-state index contributed by atoms with van der Waals surface area (Å²) in [5.41, 5.74) is -2.68. The first-order valence-electron chi connectivity index (χ1n) is 15.7. The minimum Gasteiger partial charge on any atom is -0.511 e. The highest BCUT2D eigenvalue weighted by Gasteiger charge is 2.76. The van der Waals surface area contributed by atoms with E-state index in [0.717, 1.165) is 29.2 Å². The van der Waals surface area contributed by atoms with Crippen LogP contribution in [0.1, 0.15) is 86.5 Å². The van der Waals surface area contributed by atoms with Gasteiger partial charge in [0.25, 0.3) is 0 Å². The third-order valence-corrected chi connectivity index (χ3v) is 11.5. The van der Waals surface area contributed by atoms with Gasteiger partial charge >= 0.3 is 0 Å². The Morgan fingerprint density at radius 3 is 2.15 bits per heavy atom. The Bertz CT molecular complexity index is 1870. The molecule has 0 spiro atoms. The van der Waals surface area contributed by atoms with Gasteiger partial charge in [-0.15, -0.1) is 0 Å². The van der Waals surface area contributed by atoms with Gasteiger partial charge in [-0.05, 0) is 54.4 Å². The summed E-state index contributed by atoms with van der Waals surface area (Å²) in [5, 5.41) is 59.7. The summed E-state index contributed by atoms with van der Waals surface area (Å²) >= 11 is 0. The second kappa shape index (κ2) is 10.1. The fraction of sp³-hybridized carbons (Fsp3) is 0.395. The summed E-state index contributed by atoms with van der Waals surface area (Å²) in [6.07, 6.45) is 2.71. The largest absolute Gasteiger partial charge is 0.511 e. The Labute approximate surface area is 268 Å². The third-order valence-electron chi connectivity index (χ3n) is 11.5. The van der Waals surface area contributed by atoms with E-state index >= 15 is 0 Å². The lowest BCUT2D eigenvalue weighted by atomic mass is 9.41. The summed E-state index contributed by atoms with van der Waals surface area (Å²) < 4.78 is 0. The van der Waals surface area contributed by atoms with Crippen molar-refractivity contribution < 1.29 is 39.9 Å². The van der Waals surface area contributed by atoms with Crippen molar-refractivity contribution in [3.05, 3.63) is 99.0 Å². The number of benzene rings is 2. The van der Waals surface area contributed by atoms with E-state index in [0.29, 0.717) is 17.5 Å². The molecular formula is C38H40O8. The molecular weight excluding hydrogens is 584 g/mol. The summed E-state index contributed by atoms with van der Waals surface area (Å²) in [5.74, 6) is -7.08. The van der Waals surface area contributed by atoms with Crippen LogP contribution in [0.4, 0.5) is 0 Å². The molecule has 2 aromatic carbocycles. The Balaban J connectivity index is 1.52. The van der Waals surface area contributed by atoms with Gasteiger partial charge in [-0.2, -0.15) is 0 Å². The molecule has 8 heteroatoms. The maximum Gasteiger partial charge on any atom is 0.209 e.